The minimum Gasteiger partial charge on any atom is -0.383 e. The number of anilines is 1. The Kier molecular flexibility index (Phi) is 4.18. The molecule has 1 aromatic rings. The average molecular weight is 245 g/mol. The molecule has 0 saturated carbocycles. The van der Waals surface area contributed by atoms with Gasteiger partial charge in [0.1, 0.15) is 0 Å². The van der Waals surface area contributed by atoms with Gasteiger partial charge >= 0.3 is 0 Å². The van der Waals surface area contributed by atoms with Crippen LogP contribution in [0.25, 0.3) is 0 Å². The van der Waals surface area contributed by atoms with Gasteiger partial charge in [0.25, 0.3) is 0 Å². The van der Waals surface area contributed by atoms with Crippen LogP contribution in [0.1, 0.15) is 6.92 Å². The van der Waals surface area contributed by atoms with E-state index in [9.17, 15) is 0 Å². The van der Waals surface area contributed by atoms with Crippen molar-refractivity contribution in [2.75, 3.05) is 19.0 Å². The molecule has 0 saturated heterocycles. The first-order valence-corrected chi connectivity index (χ1v) is 4.87. The molecule has 0 aliphatic carbocycles. The third-order valence-electron chi connectivity index (χ3n) is 1.53. The predicted octanol–water partition coefficient (Wildman–Crippen LogP) is 2.29. The molecule has 3 nitrogen and oxygen atoms in total. The van der Waals surface area contributed by atoms with Crippen molar-refractivity contribution in [3.05, 3.63) is 22.9 Å². The van der Waals surface area contributed by atoms with Crippen molar-refractivity contribution in [2.24, 2.45) is 0 Å². The molecule has 4 heteroatoms. The number of ether oxygens (including phenoxy) is 1. The lowest BCUT2D eigenvalue weighted by Gasteiger charge is -2.13. The van der Waals surface area contributed by atoms with Gasteiger partial charge in [-0.2, -0.15) is 0 Å². The highest BCUT2D eigenvalue weighted by molar-refractivity contribution is 9.10. The molecule has 1 N–H and O–H groups in total. The average Bonchev–Trinajstić information content (AvgIpc) is 2.04. The standard InChI is InChI=1S/C9H13BrN2O/c1-7(6-13-2)12-9-3-8(10)4-11-5-9/h3-5,7,12H,6H2,1-2H3/t7-/m0/s1. The normalized spacial score (nSPS) is 12.5. The number of nitrogens with one attached hydrogen (secondary N) is 1. The fourth-order valence-electron chi connectivity index (χ4n) is 1.07. The van der Waals surface area contributed by atoms with Crippen molar-refractivity contribution in [1.82, 2.24) is 4.98 Å². The number of aromatic nitrogens is 1. The molecule has 1 aromatic heterocycles. The smallest absolute Gasteiger partial charge is 0.0661 e. The van der Waals surface area contributed by atoms with Gasteiger partial charge in [-0.15, -0.1) is 0 Å². The van der Waals surface area contributed by atoms with Crippen LogP contribution < -0.4 is 5.32 Å². The van der Waals surface area contributed by atoms with E-state index in [1.807, 2.05) is 6.07 Å². The molecule has 72 valence electrons. The molecule has 0 spiro atoms. The second-order valence-electron chi connectivity index (χ2n) is 2.89. The summed E-state index contributed by atoms with van der Waals surface area (Å²) in [5.74, 6) is 0. The van der Waals surface area contributed by atoms with Gasteiger partial charge in [-0.3, -0.25) is 4.98 Å². The first-order chi connectivity index (χ1) is 6.22. The van der Waals surface area contributed by atoms with Crippen LogP contribution in [-0.2, 0) is 4.74 Å². The maximum atomic E-state index is 5.01. The van der Waals surface area contributed by atoms with Crippen LogP contribution in [0.15, 0.2) is 22.9 Å². The highest BCUT2D eigenvalue weighted by Crippen LogP contribution is 2.14. The SMILES string of the molecule is COC[C@H](C)Nc1cncc(Br)c1. The number of halogens is 1. The molecule has 0 aliphatic heterocycles. The molecule has 1 rings (SSSR count). The van der Waals surface area contributed by atoms with Gasteiger partial charge in [-0.05, 0) is 28.9 Å². The molecule has 0 aromatic carbocycles. The lowest BCUT2D eigenvalue weighted by Crippen LogP contribution is -2.20. The van der Waals surface area contributed by atoms with E-state index in [-0.39, 0.29) is 0 Å². The lowest BCUT2D eigenvalue weighted by atomic mass is 10.3. The quantitative estimate of drug-likeness (QED) is 0.883. The Morgan fingerprint density at radius 1 is 1.62 bits per heavy atom. The van der Waals surface area contributed by atoms with E-state index in [0.717, 1.165) is 10.2 Å². The minimum atomic E-state index is 0.293. The molecular weight excluding hydrogens is 232 g/mol. The molecule has 0 fully saturated rings. The summed E-state index contributed by atoms with van der Waals surface area (Å²) in [4.78, 5) is 4.05. The van der Waals surface area contributed by atoms with Crippen molar-refractivity contribution in [2.45, 2.75) is 13.0 Å². The van der Waals surface area contributed by atoms with E-state index < -0.39 is 0 Å². The van der Waals surface area contributed by atoms with E-state index in [0.29, 0.717) is 12.6 Å². The maximum Gasteiger partial charge on any atom is 0.0661 e. The largest absolute Gasteiger partial charge is 0.383 e. The first-order valence-electron chi connectivity index (χ1n) is 4.08. The zero-order chi connectivity index (χ0) is 9.68. The summed E-state index contributed by atoms with van der Waals surface area (Å²) < 4.78 is 5.99. The molecule has 0 amide bonds. The highest BCUT2D eigenvalue weighted by Gasteiger charge is 2.00. The van der Waals surface area contributed by atoms with E-state index in [1.54, 1.807) is 19.5 Å². The number of pyridine rings is 1. The van der Waals surface area contributed by atoms with Gasteiger partial charge in [0.05, 0.1) is 18.5 Å². The predicted molar refractivity (Wildman–Crippen MR) is 56.9 cm³/mol. The molecule has 1 heterocycles. The summed E-state index contributed by atoms with van der Waals surface area (Å²) in [6, 6.07) is 2.28. The minimum absolute atomic E-state index is 0.293. The van der Waals surface area contributed by atoms with Crippen molar-refractivity contribution in [3.63, 3.8) is 0 Å². The molecule has 0 unspecified atom stereocenters. The van der Waals surface area contributed by atoms with Crippen molar-refractivity contribution >= 4 is 21.6 Å². The van der Waals surface area contributed by atoms with Gasteiger partial charge in [-0.25, -0.2) is 0 Å². The topological polar surface area (TPSA) is 34.1 Å². The van der Waals surface area contributed by atoms with Crippen molar-refractivity contribution in [3.8, 4) is 0 Å². The van der Waals surface area contributed by atoms with E-state index in [4.69, 9.17) is 4.74 Å². The molecular formula is C9H13BrN2O. The summed E-state index contributed by atoms with van der Waals surface area (Å²) >= 11 is 3.36. The summed E-state index contributed by atoms with van der Waals surface area (Å²) in [6.07, 6.45) is 3.54. The Bertz CT molecular complexity index is 268. The zero-order valence-corrected chi connectivity index (χ0v) is 9.34. The van der Waals surface area contributed by atoms with Gasteiger partial charge < -0.3 is 10.1 Å². The van der Waals surface area contributed by atoms with Gasteiger partial charge in [-0.1, -0.05) is 0 Å². The second kappa shape index (κ2) is 5.19. The molecule has 13 heavy (non-hydrogen) atoms. The third-order valence-corrected chi connectivity index (χ3v) is 1.97. The molecule has 0 radical (unpaired) electrons. The Hall–Kier alpha value is -0.610. The summed E-state index contributed by atoms with van der Waals surface area (Å²) in [5, 5.41) is 3.27. The van der Waals surface area contributed by atoms with Crippen molar-refractivity contribution in [1.29, 1.82) is 0 Å². The van der Waals surface area contributed by atoms with E-state index in [1.165, 1.54) is 0 Å². The Morgan fingerprint density at radius 3 is 3.00 bits per heavy atom. The van der Waals surface area contributed by atoms with Gasteiger partial charge in [0, 0.05) is 23.8 Å². The Balaban J connectivity index is 2.53. The van der Waals surface area contributed by atoms with Gasteiger partial charge in [0.15, 0.2) is 0 Å². The number of hydrogen-bond donors (Lipinski definition) is 1. The fraction of sp³-hybridized carbons (Fsp3) is 0.444. The summed E-state index contributed by atoms with van der Waals surface area (Å²) in [5.41, 5.74) is 0.999. The van der Waals surface area contributed by atoms with Crippen LogP contribution in [-0.4, -0.2) is 24.7 Å². The van der Waals surface area contributed by atoms with Crippen LogP contribution in [0, 0.1) is 0 Å². The first kappa shape index (κ1) is 10.5. The Morgan fingerprint density at radius 2 is 2.38 bits per heavy atom. The molecule has 0 bridgehead atoms. The molecule has 0 aliphatic rings. The monoisotopic (exact) mass is 244 g/mol. The number of nitrogens with zero attached hydrogens (tertiary/aromatic N) is 1. The number of methoxy groups -OCH3 is 1. The van der Waals surface area contributed by atoms with Crippen LogP contribution >= 0.6 is 15.9 Å². The third kappa shape index (κ3) is 3.74. The maximum absolute atomic E-state index is 5.01. The molecule has 1 atom stereocenters. The summed E-state index contributed by atoms with van der Waals surface area (Å²) in [7, 11) is 1.69. The number of rotatable bonds is 4. The Labute approximate surface area is 86.6 Å². The van der Waals surface area contributed by atoms with E-state index >= 15 is 0 Å². The second-order valence-corrected chi connectivity index (χ2v) is 3.81. The van der Waals surface area contributed by atoms with Crippen LogP contribution in [0.3, 0.4) is 0 Å². The van der Waals surface area contributed by atoms with E-state index in [2.05, 4.69) is 33.2 Å². The van der Waals surface area contributed by atoms with Crippen LogP contribution in [0.4, 0.5) is 5.69 Å². The lowest BCUT2D eigenvalue weighted by molar-refractivity contribution is 0.190. The van der Waals surface area contributed by atoms with Crippen molar-refractivity contribution < 1.29 is 4.74 Å². The highest BCUT2D eigenvalue weighted by atomic mass is 79.9. The fourth-order valence-corrected chi connectivity index (χ4v) is 1.43. The van der Waals surface area contributed by atoms with Crippen LogP contribution in [0.2, 0.25) is 0 Å². The van der Waals surface area contributed by atoms with Crippen LogP contribution in [0.5, 0.6) is 0 Å². The zero-order valence-electron chi connectivity index (χ0n) is 7.75. The summed E-state index contributed by atoms with van der Waals surface area (Å²) in [6.45, 7) is 2.75. The number of hydrogen-bond acceptors (Lipinski definition) is 3. The van der Waals surface area contributed by atoms with Gasteiger partial charge in [0.2, 0.25) is 0 Å².